The van der Waals surface area contributed by atoms with E-state index in [0.717, 1.165) is 4.90 Å². The lowest BCUT2D eigenvalue weighted by Crippen LogP contribution is -2.55. The molecule has 0 aliphatic carbocycles. The lowest BCUT2D eigenvalue weighted by Gasteiger charge is -2.34. The lowest BCUT2D eigenvalue weighted by atomic mass is 10.1. The molecule has 10 heteroatoms. The SMILES string of the molecule is COc1ccc(OC(=O)N2C[C@H]3CC2[C@H]2C(=O)N(c4ccc(C#N)c(Cl)c4C)C(=O)N32)cc1. The fourth-order valence-corrected chi connectivity index (χ4v) is 5.10. The van der Waals surface area contributed by atoms with Crippen molar-refractivity contribution in [3.63, 3.8) is 0 Å². The molecule has 0 radical (unpaired) electrons. The average Bonchev–Trinajstić information content (AvgIpc) is 3.48. The normalized spacial score (nSPS) is 23.1. The second kappa shape index (κ2) is 7.67. The molecule has 5 rings (SSSR count). The fourth-order valence-electron chi connectivity index (χ4n) is 4.90. The minimum absolute atomic E-state index is 0.204. The molecule has 1 unspecified atom stereocenters. The number of nitrogens with zero attached hydrogens (tertiary/aromatic N) is 4. The number of urea groups is 1. The lowest BCUT2D eigenvalue weighted by molar-refractivity contribution is -0.121. The van der Waals surface area contributed by atoms with Gasteiger partial charge in [0.2, 0.25) is 0 Å². The minimum atomic E-state index is -0.784. The van der Waals surface area contributed by atoms with E-state index >= 15 is 0 Å². The van der Waals surface area contributed by atoms with Gasteiger partial charge in [0.25, 0.3) is 5.91 Å². The number of rotatable bonds is 3. The number of hydrogen-bond acceptors (Lipinski definition) is 6. The number of amides is 4. The van der Waals surface area contributed by atoms with Crippen molar-refractivity contribution >= 4 is 35.3 Å². The summed E-state index contributed by atoms with van der Waals surface area (Å²) in [5.74, 6) is 0.580. The van der Waals surface area contributed by atoms with Crippen LogP contribution in [0, 0.1) is 18.3 Å². The third-order valence-electron chi connectivity index (χ3n) is 6.48. The first-order chi connectivity index (χ1) is 15.8. The number of imide groups is 1. The van der Waals surface area contributed by atoms with Crippen LogP contribution in [0.5, 0.6) is 11.5 Å². The molecule has 168 valence electrons. The average molecular weight is 467 g/mol. The molecular formula is C23H19ClN4O5. The summed E-state index contributed by atoms with van der Waals surface area (Å²) in [6.45, 7) is 1.95. The van der Waals surface area contributed by atoms with Crippen LogP contribution in [0.2, 0.25) is 5.02 Å². The molecule has 0 aromatic heterocycles. The maximum absolute atomic E-state index is 13.4. The number of likely N-dealkylation sites (tertiary alicyclic amines) is 1. The van der Waals surface area contributed by atoms with Gasteiger partial charge in [-0.1, -0.05) is 11.6 Å². The zero-order valence-electron chi connectivity index (χ0n) is 17.8. The quantitative estimate of drug-likeness (QED) is 0.643. The number of benzene rings is 2. The van der Waals surface area contributed by atoms with Gasteiger partial charge in [-0.15, -0.1) is 0 Å². The van der Waals surface area contributed by atoms with Crippen LogP contribution in [0.4, 0.5) is 15.3 Å². The standard InChI is InChI=1S/C23H19ClN4O5/c1-12-17(8-3-13(10-25)19(12)24)28-21(29)20-18-9-14(27(20)22(28)30)11-26(18)23(31)33-16-6-4-15(32-2)5-7-16/h3-8,14,18,20H,9,11H2,1-2H3/t14-,18?,20+/m1/s1. The van der Waals surface area contributed by atoms with Gasteiger partial charge in [-0.25, -0.2) is 14.5 Å². The molecule has 3 atom stereocenters. The highest BCUT2D eigenvalue weighted by Crippen LogP contribution is 2.43. The van der Waals surface area contributed by atoms with E-state index in [2.05, 4.69) is 0 Å². The zero-order valence-corrected chi connectivity index (χ0v) is 18.6. The van der Waals surface area contributed by atoms with Gasteiger partial charge in [0.1, 0.15) is 23.6 Å². The van der Waals surface area contributed by atoms with Gasteiger partial charge in [0.15, 0.2) is 0 Å². The Morgan fingerprint density at radius 1 is 1.15 bits per heavy atom. The van der Waals surface area contributed by atoms with Crippen molar-refractivity contribution in [2.45, 2.75) is 31.5 Å². The second-order valence-corrected chi connectivity index (χ2v) is 8.52. The van der Waals surface area contributed by atoms with Crippen LogP contribution in [0.25, 0.3) is 0 Å². The molecule has 3 heterocycles. The topological polar surface area (TPSA) is 103 Å². The second-order valence-electron chi connectivity index (χ2n) is 8.14. The zero-order chi connectivity index (χ0) is 23.4. The van der Waals surface area contributed by atoms with Crippen molar-refractivity contribution in [1.29, 1.82) is 5.26 Å². The van der Waals surface area contributed by atoms with E-state index in [4.69, 9.17) is 21.1 Å². The van der Waals surface area contributed by atoms with E-state index < -0.39 is 30.1 Å². The molecule has 33 heavy (non-hydrogen) atoms. The van der Waals surface area contributed by atoms with E-state index in [9.17, 15) is 19.6 Å². The van der Waals surface area contributed by atoms with Gasteiger partial charge in [0, 0.05) is 6.54 Å². The van der Waals surface area contributed by atoms with Crippen LogP contribution >= 0.6 is 11.6 Å². The van der Waals surface area contributed by atoms with E-state index in [1.807, 2.05) is 6.07 Å². The van der Waals surface area contributed by atoms with Crippen LogP contribution in [-0.4, -0.2) is 59.6 Å². The Bertz CT molecular complexity index is 1220. The summed E-state index contributed by atoms with van der Waals surface area (Å²) >= 11 is 6.26. The molecule has 4 amide bonds. The van der Waals surface area contributed by atoms with Crippen LogP contribution in [-0.2, 0) is 4.79 Å². The van der Waals surface area contributed by atoms with Crippen LogP contribution in [0.15, 0.2) is 36.4 Å². The van der Waals surface area contributed by atoms with Crippen molar-refractivity contribution in [2.75, 3.05) is 18.6 Å². The number of piperazine rings is 1. The number of methoxy groups -OCH3 is 1. The molecular weight excluding hydrogens is 448 g/mol. The Hall–Kier alpha value is -3.77. The van der Waals surface area contributed by atoms with Crippen molar-refractivity contribution in [1.82, 2.24) is 9.80 Å². The highest BCUT2D eigenvalue weighted by Gasteiger charge is 2.63. The van der Waals surface area contributed by atoms with E-state index in [1.54, 1.807) is 49.3 Å². The maximum Gasteiger partial charge on any atom is 0.415 e. The summed E-state index contributed by atoms with van der Waals surface area (Å²) in [6.07, 6.45) is -0.0514. The van der Waals surface area contributed by atoms with Crippen molar-refractivity contribution in [3.8, 4) is 17.6 Å². The number of nitriles is 1. The summed E-state index contributed by atoms with van der Waals surface area (Å²) in [6, 6.07) is 9.67. The van der Waals surface area contributed by atoms with Gasteiger partial charge < -0.3 is 19.3 Å². The Labute approximate surface area is 194 Å². The first-order valence-corrected chi connectivity index (χ1v) is 10.7. The fraction of sp³-hybridized carbons (Fsp3) is 0.304. The summed E-state index contributed by atoms with van der Waals surface area (Å²) in [5.41, 5.74) is 1.09. The Balaban J connectivity index is 1.38. The molecule has 3 aliphatic heterocycles. The molecule has 3 fully saturated rings. The number of ether oxygens (including phenoxy) is 2. The van der Waals surface area contributed by atoms with Crippen molar-refractivity contribution in [3.05, 3.63) is 52.5 Å². The number of anilines is 1. The summed E-state index contributed by atoms with van der Waals surface area (Å²) in [7, 11) is 1.55. The number of hydrogen-bond donors (Lipinski definition) is 0. The predicted molar refractivity (Wildman–Crippen MR) is 117 cm³/mol. The number of halogens is 1. The van der Waals surface area contributed by atoms with Crippen molar-refractivity contribution < 1.29 is 23.9 Å². The van der Waals surface area contributed by atoms with Crippen LogP contribution in [0.3, 0.4) is 0 Å². The van der Waals surface area contributed by atoms with Gasteiger partial charge in [-0.05, 0) is 55.3 Å². The summed E-state index contributed by atoms with van der Waals surface area (Å²) in [5, 5.41) is 9.38. The third-order valence-corrected chi connectivity index (χ3v) is 6.97. The molecule has 9 nitrogen and oxygen atoms in total. The van der Waals surface area contributed by atoms with E-state index in [1.165, 1.54) is 11.0 Å². The molecule has 0 saturated carbocycles. The Kier molecular flexibility index (Phi) is 4.91. The van der Waals surface area contributed by atoms with Gasteiger partial charge >= 0.3 is 12.1 Å². The smallest absolute Gasteiger partial charge is 0.415 e. The number of fused-ring (bicyclic) bond motifs is 5. The molecule has 2 bridgehead atoms. The maximum atomic E-state index is 13.4. The number of carbonyl (C=O) groups is 3. The van der Waals surface area contributed by atoms with E-state index in [0.29, 0.717) is 29.2 Å². The van der Waals surface area contributed by atoms with Crippen molar-refractivity contribution in [2.24, 2.45) is 0 Å². The molecule has 3 saturated heterocycles. The summed E-state index contributed by atoms with van der Waals surface area (Å²) < 4.78 is 10.6. The first-order valence-electron chi connectivity index (χ1n) is 10.3. The monoisotopic (exact) mass is 466 g/mol. The molecule has 0 spiro atoms. The molecule has 2 aromatic carbocycles. The summed E-state index contributed by atoms with van der Waals surface area (Å²) in [4.78, 5) is 43.6. The number of carbonyl (C=O) groups excluding carboxylic acids is 3. The predicted octanol–water partition coefficient (Wildman–Crippen LogP) is 3.32. The molecule has 3 aliphatic rings. The van der Waals surface area contributed by atoms with Crippen LogP contribution < -0.4 is 14.4 Å². The molecule has 0 N–H and O–H groups in total. The minimum Gasteiger partial charge on any atom is -0.497 e. The first kappa shape index (κ1) is 21.1. The highest BCUT2D eigenvalue weighted by atomic mass is 35.5. The van der Waals surface area contributed by atoms with Crippen LogP contribution in [0.1, 0.15) is 17.5 Å². The Morgan fingerprint density at radius 3 is 2.52 bits per heavy atom. The van der Waals surface area contributed by atoms with Gasteiger partial charge in [-0.2, -0.15) is 5.26 Å². The third kappa shape index (κ3) is 3.09. The highest BCUT2D eigenvalue weighted by molar-refractivity contribution is 6.33. The van der Waals surface area contributed by atoms with Gasteiger partial charge in [0.05, 0.1) is 35.5 Å². The largest absolute Gasteiger partial charge is 0.497 e. The van der Waals surface area contributed by atoms with E-state index in [-0.39, 0.29) is 23.2 Å². The Morgan fingerprint density at radius 2 is 1.85 bits per heavy atom. The van der Waals surface area contributed by atoms with Gasteiger partial charge in [-0.3, -0.25) is 4.79 Å². The molecule has 2 aromatic rings.